The van der Waals surface area contributed by atoms with Crippen LogP contribution in [0, 0.1) is 18.6 Å². The van der Waals surface area contributed by atoms with Gasteiger partial charge in [-0.1, -0.05) is 13.5 Å². The van der Waals surface area contributed by atoms with E-state index in [1.807, 2.05) is 13.0 Å². The average molecular weight is 479 g/mol. The summed E-state index contributed by atoms with van der Waals surface area (Å²) >= 11 is 1.47. The number of benzene rings is 2. The molecule has 2 N–H and O–H groups in total. The third-order valence-corrected chi connectivity index (χ3v) is 6.24. The van der Waals surface area contributed by atoms with E-state index in [0.717, 1.165) is 15.3 Å². The van der Waals surface area contributed by atoms with Gasteiger partial charge in [0.05, 0.1) is 34.0 Å². The van der Waals surface area contributed by atoms with Crippen LogP contribution in [0.5, 0.6) is 0 Å². The van der Waals surface area contributed by atoms with E-state index < -0.39 is 17.6 Å². The second-order valence-electron chi connectivity index (χ2n) is 7.44. The van der Waals surface area contributed by atoms with Crippen LogP contribution in [0.1, 0.15) is 39.4 Å². The van der Waals surface area contributed by atoms with Crippen molar-refractivity contribution in [2.75, 3.05) is 5.32 Å². The van der Waals surface area contributed by atoms with E-state index in [2.05, 4.69) is 20.3 Å². The van der Waals surface area contributed by atoms with E-state index >= 15 is 0 Å². The largest absolute Gasteiger partial charge is 0.478 e. The zero-order valence-corrected chi connectivity index (χ0v) is 18.1. The van der Waals surface area contributed by atoms with E-state index in [9.17, 15) is 13.6 Å². The summed E-state index contributed by atoms with van der Waals surface area (Å²) < 4.78 is 29.2. The van der Waals surface area contributed by atoms with Gasteiger partial charge in [-0.15, -0.1) is 11.3 Å². The highest BCUT2D eigenvalue weighted by atomic mass is 32.1. The standard InChI is InChI=1S/C24H16F2N4O2S.CH4/c1-12-9-16-21(19-17(25)3-2-4-18(19)26)27-10-14-11-28-24(30-20(14)22(16)33-12)29-15-7-5-13(6-8-15)23(31)32;/h2-9,11H,10H2,1H3,(H,31,32)(H,28,29,30);1H4. The third-order valence-electron chi connectivity index (χ3n) is 5.19. The van der Waals surface area contributed by atoms with Crippen LogP contribution in [0.4, 0.5) is 20.4 Å². The lowest BCUT2D eigenvalue weighted by molar-refractivity contribution is 0.0697. The Morgan fingerprint density at radius 2 is 1.82 bits per heavy atom. The number of carbonyl (C=O) groups is 1. The number of nitrogens with one attached hydrogen (secondary N) is 1. The molecule has 1 aliphatic rings. The molecule has 0 spiro atoms. The number of aromatic carboxylic acids is 1. The fraction of sp³-hybridized carbons (Fsp3) is 0.120. The third kappa shape index (κ3) is 4.17. The van der Waals surface area contributed by atoms with Gasteiger partial charge in [0.2, 0.25) is 5.95 Å². The molecule has 6 nitrogen and oxygen atoms in total. The molecule has 0 aliphatic carbocycles. The Kier molecular flexibility index (Phi) is 6.21. The molecule has 0 unspecified atom stereocenters. The van der Waals surface area contributed by atoms with Crippen molar-refractivity contribution in [1.29, 1.82) is 0 Å². The van der Waals surface area contributed by atoms with Crippen molar-refractivity contribution < 1.29 is 18.7 Å². The van der Waals surface area contributed by atoms with Gasteiger partial charge in [0.25, 0.3) is 0 Å². The lowest BCUT2D eigenvalue weighted by Crippen LogP contribution is -2.08. The number of anilines is 2. The van der Waals surface area contributed by atoms with Gasteiger partial charge in [-0.05, 0) is 49.4 Å². The van der Waals surface area contributed by atoms with Crippen molar-refractivity contribution in [2.24, 2.45) is 4.99 Å². The first kappa shape index (κ1) is 23.2. The van der Waals surface area contributed by atoms with Crippen molar-refractivity contribution in [3.63, 3.8) is 0 Å². The maximum absolute atomic E-state index is 14.6. The summed E-state index contributed by atoms with van der Waals surface area (Å²) in [6.45, 7) is 2.09. The molecule has 0 bridgehead atoms. The smallest absolute Gasteiger partial charge is 0.335 e. The van der Waals surface area contributed by atoms with E-state index in [1.165, 1.54) is 41.7 Å². The summed E-state index contributed by atoms with van der Waals surface area (Å²) in [5, 5.41) is 12.1. The molecular weight excluding hydrogens is 458 g/mol. The number of fused-ring (bicyclic) bond motifs is 3. The van der Waals surface area contributed by atoms with Crippen LogP contribution in [0.15, 0.2) is 59.7 Å². The minimum absolute atomic E-state index is 0. The number of aryl methyl sites for hydroxylation is 1. The molecule has 172 valence electrons. The maximum atomic E-state index is 14.6. The maximum Gasteiger partial charge on any atom is 0.335 e. The number of aromatic nitrogens is 2. The summed E-state index contributed by atoms with van der Waals surface area (Å²) in [5.41, 5.74) is 2.88. The average Bonchev–Trinajstić information content (AvgIpc) is 3.11. The molecule has 0 radical (unpaired) electrons. The lowest BCUT2D eigenvalue weighted by Gasteiger charge is -2.09. The molecule has 0 atom stereocenters. The van der Waals surface area contributed by atoms with Crippen molar-refractivity contribution >= 4 is 34.7 Å². The second kappa shape index (κ2) is 9.11. The Balaban J connectivity index is 0.00000274. The molecule has 3 heterocycles. The highest BCUT2D eigenvalue weighted by molar-refractivity contribution is 7.16. The Labute approximate surface area is 198 Å². The van der Waals surface area contributed by atoms with Crippen molar-refractivity contribution in [1.82, 2.24) is 9.97 Å². The Bertz CT molecular complexity index is 1410. The predicted molar refractivity (Wildman–Crippen MR) is 129 cm³/mol. The van der Waals surface area contributed by atoms with Crippen molar-refractivity contribution in [3.8, 4) is 10.6 Å². The number of hydrogen-bond acceptors (Lipinski definition) is 6. The summed E-state index contributed by atoms with van der Waals surface area (Å²) in [6, 6.07) is 11.8. The molecular formula is C25H20F2N4O2S. The molecule has 4 aromatic rings. The number of aliphatic imine (C=N–C) groups is 1. The summed E-state index contributed by atoms with van der Waals surface area (Å²) in [4.78, 5) is 26.3. The van der Waals surface area contributed by atoms with Gasteiger partial charge in [0, 0.05) is 27.9 Å². The fourth-order valence-corrected chi connectivity index (χ4v) is 4.70. The number of hydrogen-bond donors (Lipinski definition) is 2. The molecule has 0 amide bonds. The number of carboxylic acids is 1. The molecule has 2 aromatic heterocycles. The molecule has 0 fully saturated rings. The zero-order chi connectivity index (χ0) is 23.1. The monoisotopic (exact) mass is 478 g/mol. The van der Waals surface area contributed by atoms with Crippen molar-refractivity contribution in [2.45, 2.75) is 20.9 Å². The number of rotatable bonds is 4. The van der Waals surface area contributed by atoms with Gasteiger partial charge in [-0.3, -0.25) is 4.99 Å². The van der Waals surface area contributed by atoms with E-state index in [0.29, 0.717) is 22.9 Å². The SMILES string of the molecule is C.Cc1cc2c(s1)-c1nc(Nc3ccc(C(=O)O)cc3)ncc1CN=C2c1c(F)cccc1F. The van der Waals surface area contributed by atoms with Crippen LogP contribution >= 0.6 is 11.3 Å². The van der Waals surface area contributed by atoms with Crippen molar-refractivity contribution in [3.05, 3.63) is 93.5 Å². The van der Waals surface area contributed by atoms with Crippen LogP contribution in [0.3, 0.4) is 0 Å². The molecule has 0 saturated carbocycles. The fourth-order valence-electron chi connectivity index (χ4n) is 3.66. The van der Waals surface area contributed by atoms with Gasteiger partial charge in [0.15, 0.2) is 0 Å². The van der Waals surface area contributed by atoms with Gasteiger partial charge in [-0.25, -0.2) is 23.5 Å². The molecule has 1 aliphatic heterocycles. The molecule has 9 heteroatoms. The predicted octanol–water partition coefficient (Wildman–Crippen LogP) is 6.22. The first-order valence-corrected chi connectivity index (χ1v) is 10.8. The van der Waals surface area contributed by atoms with Gasteiger partial charge < -0.3 is 10.4 Å². The topological polar surface area (TPSA) is 87.5 Å². The van der Waals surface area contributed by atoms with Gasteiger partial charge in [-0.2, -0.15) is 0 Å². The normalized spacial score (nSPS) is 12.0. The molecule has 2 aromatic carbocycles. The van der Waals surface area contributed by atoms with Crippen LogP contribution in [0.25, 0.3) is 10.6 Å². The number of carboxylic acid groups (broad SMARTS) is 1. The minimum atomic E-state index is -1.01. The lowest BCUT2D eigenvalue weighted by atomic mass is 10.0. The Morgan fingerprint density at radius 1 is 1.12 bits per heavy atom. The quantitative estimate of drug-likeness (QED) is 0.364. The molecule has 5 rings (SSSR count). The van der Waals surface area contributed by atoms with Gasteiger partial charge >= 0.3 is 5.97 Å². The Morgan fingerprint density at radius 3 is 2.50 bits per heavy atom. The second-order valence-corrected chi connectivity index (χ2v) is 8.69. The van der Waals surface area contributed by atoms with E-state index in [1.54, 1.807) is 18.3 Å². The van der Waals surface area contributed by atoms with Crippen LogP contribution in [-0.4, -0.2) is 26.8 Å². The highest BCUT2D eigenvalue weighted by Crippen LogP contribution is 2.38. The summed E-state index contributed by atoms with van der Waals surface area (Å²) in [5.74, 6) is -2.04. The highest BCUT2D eigenvalue weighted by Gasteiger charge is 2.26. The minimum Gasteiger partial charge on any atom is -0.478 e. The van der Waals surface area contributed by atoms with E-state index in [4.69, 9.17) is 5.11 Å². The molecule has 0 saturated heterocycles. The summed E-state index contributed by atoms with van der Waals surface area (Å²) in [6.07, 6.45) is 1.64. The van der Waals surface area contributed by atoms with Crippen LogP contribution in [-0.2, 0) is 6.54 Å². The first-order valence-electron chi connectivity index (χ1n) is 9.97. The van der Waals surface area contributed by atoms with Crippen LogP contribution in [0.2, 0.25) is 0 Å². The Hall–Kier alpha value is -3.98. The number of nitrogens with zero attached hydrogens (tertiary/aromatic N) is 3. The summed E-state index contributed by atoms with van der Waals surface area (Å²) in [7, 11) is 0. The van der Waals surface area contributed by atoms with Gasteiger partial charge in [0.1, 0.15) is 11.6 Å². The van der Waals surface area contributed by atoms with E-state index in [-0.39, 0.29) is 30.8 Å². The number of halogens is 2. The number of thiophene rings is 1. The van der Waals surface area contributed by atoms with Crippen LogP contribution < -0.4 is 5.32 Å². The first-order chi connectivity index (χ1) is 15.9. The zero-order valence-electron chi connectivity index (χ0n) is 17.3. The molecule has 34 heavy (non-hydrogen) atoms.